The summed E-state index contributed by atoms with van der Waals surface area (Å²) in [6.07, 6.45) is 0. The Bertz CT molecular complexity index is 738. The van der Waals surface area contributed by atoms with E-state index in [-0.39, 0.29) is 22.5 Å². The van der Waals surface area contributed by atoms with Gasteiger partial charge in [0.25, 0.3) is 0 Å². The molecule has 0 fully saturated rings. The van der Waals surface area contributed by atoms with Crippen LogP contribution < -0.4 is 14.8 Å². The first-order valence-corrected chi connectivity index (χ1v) is 8.45. The van der Waals surface area contributed by atoms with E-state index in [1.54, 1.807) is 13.8 Å². The predicted molar refractivity (Wildman–Crippen MR) is 86.5 cm³/mol. The fourth-order valence-electron chi connectivity index (χ4n) is 1.74. The summed E-state index contributed by atoms with van der Waals surface area (Å²) >= 11 is 0. The highest BCUT2D eigenvalue weighted by Crippen LogP contribution is 2.28. The highest BCUT2D eigenvalue weighted by atomic mass is 32.2. The van der Waals surface area contributed by atoms with Gasteiger partial charge in [0.1, 0.15) is 11.3 Å². The lowest BCUT2D eigenvalue weighted by Crippen LogP contribution is -2.48. The molecular weight excluding hydrogens is 318 g/mol. The van der Waals surface area contributed by atoms with Crippen molar-refractivity contribution in [1.29, 1.82) is 5.26 Å². The van der Waals surface area contributed by atoms with Crippen LogP contribution in [-0.2, 0) is 14.8 Å². The average Bonchev–Trinajstić information content (AvgIpc) is 2.46. The van der Waals surface area contributed by atoms with Crippen LogP contribution in [0.5, 0.6) is 5.75 Å². The molecule has 1 aromatic rings. The second-order valence-electron chi connectivity index (χ2n) is 5.62. The zero-order valence-corrected chi connectivity index (χ0v) is 14.6. The number of rotatable bonds is 6. The molecule has 8 heteroatoms. The highest BCUT2D eigenvalue weighted by molar-refractivity contribution is 7.89. The van der Waals surface area contributed by atoms with Gasteiger partial charge < -0.3 is 10.1 Å². The van der Waals surface area contributed by atoms with Crippen LogP contribution in [-0.4, -0.2) is 27.0 Å². The first-order valence-electron chi connectivity index (χ1n) is 6.96. The number of sulfonamides is 1. The van der Waals surface area contributed by atoms with Crippen molar-refractivity contribution >= 4 is 21.6 Å². The van der Waals surface area contributed by atoms with Crippen molar-refractivity contribution in [3.05, 3.63) is 18.2 Å². The number of nitriles is 1. The van der Waals surface area contributed by atoms with Crippen LogP contribution in [0.1, 0.15) is 27.7 Å². The van der Waals surface area contributed by atoms with E-state index in [2.05, 4.69) is 10.0 Å². The summed E-state index contributed by atoms with van der Waals surface area (Å²) in [5.41, 5.74) is -0.867. The summed E-state index contributed by atoms with van der Waals surface area (Å²) in [4.78, 5) is 11.1. The first-order chi connectivity index (χ1) is 10.6. The fraction of sp³-hybridized carbons (Fsp3) is 0.467. The maximum Gasteiger partial charge on any atom is 0.242 e. The van der Waals surface area contributed by atoms with Crippen molar-refractivity contribution in [2.75, 3.05) is 12.4 Å². The van der Waals surface area contributed by atoms with Crippen LogP contribution in [0, 0.1) is 17.2 Å². The normalized spacial score (nSPS) is 14.0. The van der Waals surface area contributed by atoms with E-state index >= 15 is 0 Å². The molecule has 1 rings (SSSR count). The van der Waals surface area contributed by atoms with E-state index < -0.39 is 15.6 Å². The van der Waals surface area contributed by atoms with Crippen molar-refractivity contribution in [3.8, 4) is 11.8 Å². The Hall–Kier alpha value is -2.11. The molecule has 0 aliphatic heterocycles. The number of nitrogens with zero attached hydrogens (tertiary/aromatic N) is 1. The lowest BCUT2D eigenvalue weighted by Gasteiger charge is -2.27. The molecule has 7 nitrogen and oxygen atoms in total. The minimum Gasteiger partial charge on any atom is -0.495 e. The van der Waals surface area contributed by atoms with Crippen LogP contribution in [0.2, 0.25) is 0 Å². The molecule has 0 aliphatic rings. The topological polar surface area (TPSA) is 108 Å². The minimum atomic E-state index is -3.92. The Balaban J connectivity index is 3.25. The number of carbonyl (C=O) groups excluding carboxylic acids is 1. The second kappa shape index (κ2) is 6.98. The highest BCUT2D eigenvalue weighted by Gasteiger charge is 2.34. The smallest absolute Gasteiger partial charge is 0.242 e. The Morgan fingerprint density at radius 2 is 2.00 bits per heavy atom. The van der Waals surface area contributed by atoms with Crippen molar-refractivity contribution in [2.24, 2.45) is 5.92 Å². The second-order valence-corrected chi connectivity index (χ2v) is 7.30. The number of anilines is 1. The van der Waals surface area contributed by atoms with E-state index in [1.807, 2.05) is 6.07 Å². The van der Waals surface area contributed by atoms with Gasteiger partial charge in [0.2, 0.25) is 15.9 Å². The molecule has 0 bridgehead atoms. The number of carbonyl (C=O) groups is 1. The Labute approximate surface area is 136 Å². The van der Waals surface area contributed by atoms with Crippen LogP contribution in [0.15, 0.2) is 23.1 Å². The molecule has 1 amide bonds. The third kappa shape index (κ3) is 4.43. The molecule has 0 saturated carbocycles. The number of amides is 1. The minimum absolute atomic E-state index is 0.0504. The van der Waals surface area contributed by atoms with Crippen LogP contribution >= 0.6 is 0 Å². The summed E-state index contributed by atoms with van der Waals surface area (Å²) in [5, 5.41) is 11.8. The van der Waals surface area contributed by atoms with Gasteiger partial charge in [-0.1, -0.05) is 13.8 Å². The van der Waals surface area contributed by atoms with Gasteiger partial charge in [0.15, 0.2) is 0 Å². The number of benzene rings is 1. The lowest BCUT2D eigenvalue weighted by molar-refractivity contribution is -0.114. The summed E-state index contributed by atoms with van der Waals surface area (Å²) in [6.45, 7) is 6.38. The quantitative estimate of drug-likeness (QED) is 0.822. The molecule has 0 heterocycles. The maximum atomic E-state index is 12.5. The van der Waals surface area contributed by atoms with E-state index in [0.29, 0.717) is 5.69 Å². The zero-order chi connectivity index (χ0) is 17.8. The van der Waals surface area contributed by atoms with Gasteiger partial charge in [-0.05, 0) is 25.0 Å². The fourth-order valence-corrected chi connectivity index (χ4v) is 3.21. The van der Waals surface area contributed by atoms with E-state index in [1.165, 1.54) is 39.2 Å². The van der Waals surface area contributed by atoms with Gasteiger partial charge in [-0.3, -0.25) is 4.79 Å². The summed E-state index contributed by atoms with van der Waals surface area (Å²) in [6, 6.07) is 6.07. The van der Waals surface area contributed by atoms with Crippen molar-refractivity contribution in [2.45, 2.75) is 38.1 Å². The third-order valence-corrected chi connectivity index (χ3v) is 5.09. The third-order valence-electron chi connectivity index (χ3n) is 3.53. The molecule has 0 aliphatic carbocycles. The van der Waals surface area contributed by atoms with E-state index in [4.69, 9.17) is 4.74 Å². The molecule has 2 N–H and O–H groups in total. The number of hydrogen-bond acceptors (Lipinski definition) is 5. The summed E-state index contributed by atoms with van der Waals surface area (Å²) in [7, 11) is -2.55. The number of methoxy groups -OCH3 is 1. The standard InChI is InChI=1S/C15H21N3O4S/c1-10(2)15(4,9-16)18-23(20,21)12-6-7-13(17-11(3)19)14(8-12)22-5/h6-8,10,18H,1-5H3,(H,17,19)/t15-/m1/s1. The summed E-state index contributed by atoms with van der Waals surface area (Å²) < 4.78 is 32.5. The van der Waals surface area contributed by atoms with E-state index in [9.17, 15) is 18.5 Å². The first kappa shape index (κ1) is 18.9. The van der Waals surface area contributed by atoms with Gasteiger partial charge in [-0.25, -0.2) is 8.42 Å². The predicted octanol–water partition coefficient (Wildman–Crippen LogP) is 1.87. The zero-order valence-electron chi connectivity index (χ0n) is 13.8. The van der Waals surface area contributed by atoms with Crippen molar-refractivity contribution in [3.63, 3.8) is 0 Å². The molecule has 0 saturated heterocycles. The molecular formula is C15H21N3O4S. The largest absolute Gasteiger partial charge is 0.495 e. The molecule has 0 radical (unpaired) electrons. The summed E-state index contributed by atoms with van der Waals surface area (Å²) in [5.74, 6) is -0.303. The molecule has 0 aromatic heterocycles. The van der Waals surface area contributed by atoms with E-state index in [0.717, 1.165) is 0 Å². The monoisotopic (exact) mass is 339 g/mol. The van der Waals surface area contributed by atoms with Crippen LogP contribution in [0.4, 0.5) is 5.69 Å². The lowest BCUT2D eigenvalue weighted by atomic mass is 9.92. The van der Waals surface area contributed by atoms with Gasteiger partial charge in [0.05, 0.1) is 23.8 Å². The molecule has 23 heavy (non-hydrogen) atoms. The molecule has 0 spiro atoms. The Kier molecular flexibility index (Phi) is 5.75. The average molecular weight is 339 g/mol. The Morgan fingerprint density at radius 3 is 2.43 bits per heavy atom. The molecule has 126 valence electrons. The molecule has 1 aromatic carbocycles. The maximum absolute atomic E-state index is 12.5. The van der Waals surface area contributed by atoms with Gasteiger partial charge in [-0.15, -0.1) is 0 Å². The van der Waals surface area contributed by atoms with Crippen molar-refractivity contribution in [1.82, 2.24) is 4.72 Å². The van der Waals surface area contributed by atoms with Crippen LogP contribution in [0.3, 0.4) is 0 Å². The van der Waals surface area contributed by atoms with Gasteiger partial charge in [0, 0.05) is 13.0 Å². The van der Waals surface area contributed by atoms with Gasteiger partial charge in [-0.2, -0.15) is 9.98 Å². The van der Waals surface area contributed by atoms with Crippen LogP contribution in [0.25, 0.3) is 0 Å². The SMILES string of the molecule is COc1cc(S(=O)(=O)N[C@](C)(C#N)C(C)C)ccc1NC(C)=O. The molecule has 1 atom stereocenters. The van der Waals surface area contributed by atoms with Crippen molar-refractivity contribution < 1.29 is 17.9 Å². The number of ether oxygens (including phenoxy) is 1. The number of nitrogens with one attached hydrogen (secondary N) is 2. The van der Waals surface area contributed by atoms with Gasteiger partial charge >= 0.3 is 0 Å². The Morgan fingerprint density at radius 1 is 1.39 bits per heavy atom. The molecule has 0 unspecified atom stereocenters. The number of hydrogen-bond donors (Lipinski definition) is 2.